The lowest BCUT2D eigenvalue weighted by Gasteiger charge is -2.05. The van der Waals surface area contributed by atoms with E-state index in [1.807, 2.05) is 96.7 Å². The molecule has 0 unspecified atom stereocenters. The van der Waals surface area contributed by atoms with Crippen molar-refractivity contribution in [3.05, 3.63) is 107 Å². The van der Waals surface area contributed by atoms with Crippen LogP contribution in [0.4, 0.5) is 0 Å². The van der Waals surface area contributed by atoms with Gasteiger partial charge in [0, 0.05) is 24.0 Å². The largest absolute Gasteiger partial charge is 0.265 e. The molecule has 4 heteroatoms. The smallest absolute Gasteiger partial charge is 0.0791 e. The van der Waals surface area contributed by atoms with E-state index in [0.717, 1.165) is 0 Å². The van der Waals surface area contributed by atoms with Crippen molar-refractivity contribution >= 4 is 22.7 Å². The molecule has 0 aliphatic rings. The summed E-state index contributed by atoms with van der Waals surface area (Å²) >= 11 is 3.31. The van der Waals surface area contributed by atoms with E-state index in [-0.39, 0.29) is 0 Å². The second kappa shape index (κ2) is 47.2. The van der Waals surface area contributed by atoms with Crippen molar-refractivity contribution in [3.63, 3.8) is 0 Å². The molecular weight excluding hydrogens is 813 g/mol. The van der Waals surface area contributed by atoms with Crippen molar-refractivity contribution in [3.8, 4) is 0 Å². The Morgan fingerprint density at radius 2 is 0.406 bits per heavy atom. The molecule has 0 spiro atoms. The Hall–Kier alpha value is -2.30. The van der Waals surface area contributed by atoms with Crippen LogP contribution in [0.1, 0.15) is 235 Å². The summed E-state index contributed by atoms with van der Waals surface area (Å²) in [6.07, 6.45) is 5.27. The first-order chi connectivity index (χ1) is 28.0. The predicted molar refractivity (Wildman–Crippen MR) is 309 cm³/mol. The summed E-state index contributed by atoms with van der Waals surface area (Å²) < 4.78 is 0. The average molecular weight is 934 g/mol. The zero-order chi connectivity index (χ0) is 53.6. The Kier molecular flexibility index (Phi) is 60.4. The van der Waals surface area contributed by atoms with Gasteiger partial charge in [0.05, 0.1) is 5.51 Å². The van der Waals surface area contributed by atoms with E-state index in [1.54, 1.807) is 46.8 Å². The molecule has 0 atom stereocenters. The number of hydrogen-bond acceptors (Lipinski definition) is 4. The predicted octanol–water partition coefficient (Wildman–Crippen LogP) is 23.1. The molecular formula is C60H120N2S2. The highest BCUT2D eigenvalue weighted by Crippen LogP contribution is 2.11. The zero-order valence-corrected chi connectivity index (χ0v) is 51.7. The van der Waals surface area contributed by atoms with E-state index >= 15 is 0 Å². The number of hydrogen-bond donors (Lipinski definition) is 0. The van der Waals surface area contributed by atoms with Crippen LogP contribution in [0.2, 0.25) is 0 Å². The fourth-order valence-corrected chi connectivity index (χ4v) is 1.90. The minimum absolute atomic E-state index is 0.500. The molecule has 2 nitrogen and oxygen atoms in total. The maximum atomic E-state index is 3.78. The monoisotopic (exact) mass is 933 g/mol. The Labute approximate surface area is 416 Å². The van der Waals surface area contributed by atoms with E-state index in [9.17, 15) is 0 Å². The van der Waals surface area contributed by atoms with Gasteiger partial charge < -0.3 is 0 Å². The molecule has 1 aromatic carbocycles. The van der Waals surface area contributed by atoms with Crippen LogP contribution in [0.5, 0.6) is 0 Å². The van der Waals surface area contributed by atoms with Crippen LogP contribution in [-0.4, -0.2) is 9.97 Å². The lowest BCUT2D eigenvalue weighted by atomic mass is 10.0. The quantitative estimate of drug-likeness (QED) is 0.176. The third-order valence-corrected chi connectivity index (χ3v) is 3.16. The van der Waals surface area contributed by atoms with Crippen LogP contribution in [0.3, 0.4) is 0 Å². The van der Waals surface area contributed by atoms with Gasteiger partial charge in [0.25, 0.3) is 0 Å². The normalized spacial score (nSPS) is 10.3. The van der Waals surface area contributed by atoms with Crippen molar-refractivity contribution in [1.29, 1.82) is 0 Å². The van der Waals surface area contributed by atoms with E-state index in [4.69, 9.17) is 0 Å². The fourth-order valence-electron chi connectivity index (χ4n) is 1.10. The summed E-state index contributed by atoms with van der Waals surface area (Å²) in [5.41, 5.74) is 5.79. The molecule has 4 rings (SSSR count). The van der Waals surface area contributed by atoms with Crippen molar-refractivity contribution < 1.29 is 0 Å². The van der Waals surface area contributed by atoms with Crippen LogP contribution >= 0.6 is 22.7 Å². The fraction of sp³-hybridized carbons (Fsp3) is 0.700. The minimum atomic E-state index is 0.500. The molecule has 382 valence electrons. The summed E-state index contributed by atoms with van der Waals surface area (Å²) in [5, 5.41) is 6.01. The molecule has 0 bridgehead atoms. The number of rotatable bonds is 0. The summed E-state index contributed by atoms with van der Waals surface area (Å²) in [6.45, 7) is 74.0. The summed E-state index contributed by atoms with van der Waals surface area (Å²) in [6, 6.07) is 21.8. The molecule has 0 amide bonds. The van der Waals surface area contributed by atoms with Gasteiger partial charge >= 0.3 is 0 Å². The molecule has 0 saturated carbocycles. The third-order valence-electron chi connectivity index (χ3n) is 2.01. The Balaban J connectivity index is -0.0000000735. The van der Waals surface area contributed by atoms with Crippen molar-refractivity contribution in [2.24, 2.45) is 43.3 Å². The van der Waals surface area contributed by atoms with E-state index in [1.165, 1.54) is 0 Å². The van der Waals surface area contributed by atoms with Crippen molar-refractivity contribution in [1.82, 2.24) is 9.97 Å². The third kappa shape index (κ3) is 530. The van der Waals surface area contributed by atoms with E-state index in [0.29, 0.717) is 43.3 Å². The lowest BCUT2D eigenvalue weighted by Crippen LogP contribution is -1.93. The molecule has 0 radical (unpaired) electrons. The van der Waals surface area contributed by atoms with Gasteiger partial charge in [-0.1, -0.05) is 290 Å². The van der Waals surface area contributed by atoms with Crippen LogP contribution in [0.15, 0.2) is 107 Å². The van der Waals surface area contributed by atoms with Crippen LogP contribution in [-0.2, 0) is 0 Å². The SMILES string of the molecule is CC.CC(C)(C)C.CC(C)(C)C.CC(C)(C)C.CC(C)(C)C.CC(C)(C)C.CC(C)(C)C.CC(C)(C)C.CC(C)(C)C.c1ccccc1.c1ccncc1.c1ccsc1.c1cscn1. The molecule has 0 N–H and O–H groups in total. The van der Waals surface area contributed by atoms with E-state index in [2.05, 4.69) is 232 Å². The molecule has 3 heterocycles. The maximum Gasteiger partial charge on any atom is 0.0791 e. The van der Waals surface area contributed by atoms with Gasteiger partial charge in [-0.05, 0) is 66.2 Å². The molecule has 0 aliphatic carbocycles. The second-order valence-corrected chi connectivity index (χ2v) is 29.2. The maximum absolute atomic E-state index is 3.78. The first-order valence-corrected chi connectivity index (χ1v) is 25.5. The highest BCUT2D eigenvalue weighted by molar-refractivity contribution is 7.07. The Bertz CT molecular complexity index is 933. The van der Waals surface area contributed by atoms with Gasteiger partial charge in [0.2, 0.25) is 0 Å². The molecule has 4 aromatic rings. The first kappa shape index (κ1) is 81.9. The first-order valence-electron chi connectivity index (χ1n) is 23.6. The topological polar surface area (TPSA) is 25.8 Å². The minimum Gasteiger partial charge on any atom is -0.265 e. The van der Waals surface area contributed by atoms with Crippen LogP contribution < -0.4 is 0 Å². The van der Waals surface area contributed by atoms with Gasteiger partial charge in [-0.2, -0.15) is 11.3 Å². The Morgan fingerprint density at radius 1 is 0.219 bits per heavy atom. The summed E-state index contributed by atoms with van der Waals surface area (Å²) in [5.74, 6) is 0. The molecule has 0 saturated heterocycles. The molecule has 0 aliphatic heterocycles. The standard InChI is InChI=1S/C6H6.C5H5N.8C5H12.C4H4S.C3H3NS.C2H6/c2*1-2-4-6-5-3-1;8*1-5(2,3)4;1-2-4-5-3-1;1-2-5-3-4-1;1-2/h1-6H;1-5H;8*1-4H3;1-4H;1-3H;1-2H3. The van der Waals surface area contributed by atoms with Crippen molar-refractivity contribution in [2.75, 3.05) is 0 Å². The highest BCUT2D eigenvalue weighted by atomic mass is 32.1. The van der Waals surface area contributed by atoms with Gasteiger partial charge in [-0.3, -0.25) is 9.97 Å². The second-order valence-electron chi connectivity index (χ2n) is 27.6. The summed E-state index contributed by atoms with van der Waals surface area (Å²) in [7, 11) is 0. The van der Waals surface area contributed by atoms with E-state index < -0.39 is 0 Å². The molecule has 64 heavy (non-hydrogen) atoms. The number of pyridine rings is 1. The van der Waals surface area contributed by atoms with Gasteiger partial charge in [-0.15, -0.1) is 11.3 Å². The van der Waals surface area contributed by atoms with Crippen LogP contribution in [0, 0.1) is 43.3 Å². The summed E-state index contributed by atoms with van der Waals surface area (Å²) in [4.78, 5) is 7.53. The highest BCUT2D eigenvalue weighted by Gasteiger charge is 1.98. The zero-order valence-electron chi connectivity index (χ0n) is 50.1. The number of nitrogens with zero attached hydrogens (tertiary/aromatic N) is 2. The number of thiazole rings is 1. The molecule has 0 fully saturated rings. The average Bonchev–Trinajstić information content (AvgIpc) is 3.78. The number of aromatic nitrogens is 2. The molecule has 3 aromatic heterocycles. The van der Waals surface area contributed by atoms with Crippen LogP contribution in [0.25, 0.3) is 0 Å². The van der Waals surface area contributed by atoms with Gasteiger partial charge in [-0.25, -0.2) is 0 Å². The number of benzene rings is 1. The lowest BCUT2D eigenvalue weighted by molar-refractivity contribution is 0.469. The number of thiophene rings is 1. The van der Waals surface area contributed by atoms with Crippen molar-refractivity contribution in [2.45, 2.75) is 235 Å². The van der Waals surface area contributed by atoms with Gasteiger partial charge in [0.15, 0.2) is 0 Å². The van der Waals surface area contributed by atoms with Gasteiger partial charge in [0.1, 0.15) is 0 Å². The Morgan fingerprint density at radius 3 is 0.469 bits per heavy atom.